The number of nitrogens with one attached hydrogen (secondary N) is 1. The molecule has 0 heterocycles. The molecular weight excluding hydrogens is 286 g/mol. The van der Waals surface area contributed by atoms with E-state index in [2.05, 4.69) is 5.32 Å². The smallest absolute Gasteiger partial charge is 0.408 e. The topological polar surface area (TPSA) is 84.9 Å². The van der Waals surface area contributed by atoms with Crippen molar-refractivity contribution in [2.45, 2.75) is 45.8 Å². The Morgan fingerprint density at radius 2 is 2.00 bits per heavy atom. The SMILES string of the molecule is CCc1cccc(OC[C@H](NC(=O)OC(C)(C)C)C(=O)O)c1. The number of carbonyl (C=O) groups is 2. The zero-order valence-electron chi connectivity index (χ0n) is 13.4. The van der Waals surface area contributed by atoms with Gasteiger partial charge in [0.2, 0.25) is 0 Å². The summed E-state index contributed by atoms with van der Waals surface area (Å²) in [6, 6.07) is 6.20. The van der Waals surface area contributed by atoms with E-state index in [1.54, 1.807) is 26.8 Å². The first kappa shape index (κ1) is 17.8. The van der Waals surface area contributed by atoms with Crippen LogP contribution in [-0.4, -0.2) is 35.4 Å². The molecule has 2 N–H and O–H groups in total. The van der Waals surface area contributed by atoms with Crippen molar-refractivity contribution in [2.75, 3.05) is 6.61 Å². The summed E-state index contributed by atoms with van der Waals surface area (Å²) in [5, 5.41) is 11.4. The summed E-state index contributed by atoms with van der Waals surface area (Å²) in [6.07, 6.45) is 0.0706. The Hall–Kier alpha value is -2.24. The molecule has 0 unspecified atom stereocenters. The standard InChI is InChI=1S/C16H23NO5/c1-5-11-7-6-8-12(9-11)21-10-13(14(18)19)17-15(20)22-16(2,3)4/h6-9,13H,5,10H2,1-4H3,(H,17,20)(H,18,19)/t13-/m0/s1. The number of hydrogen-bond donors (Lipinski definition) is 2. The molecule has 1 aromatic rings. The predicted molar refractivity (Wildman–Crippen MR) is 82.1 cm³/mol. The number of carboxylic acids is 1. The molecule has 0 aliphatic carbocycles. The van der Waals surface area contributed by atoms with Gasteiger partial charge < -0.3 is 19.9 Å². The maximum absolute atomic E-state index is 11.6. The summed E-state index contributed by atoms with van der Waals surface area (Å²) < 4.78 is 10.5. The van der Waals surface area contributed by atoms with E-state index in [0.29, 0.717) is 5.75 Å². The molecule has 0 saturated carbocycles. The Labute approximate surface area is 130 Å². The van der Waals surface area contributed by atoms with E-state index in [1.807, 2.05) is 25.1 Å². The second-order valence-corrected chi connectivity index (χ2v) is 5.85. The lowest BCUT2D eigenvalue weighted by molar-refractivity contribution is -0.140. The van der Waals surface area contributed by atoms with Gasteiger partial charge in [-0.05, 0) is 44.9 Å². The molecular formula is C16H23NO5. The van der Waals surface area contributed by atoms with E-state index < -0.39 is 23.7 Å². The first-order valence-corrected chi connectivity index (χ1v) is 7.15. The van der Waals surface area contributed by atoms with Gasteiger partial charge in [0.15, 0.2) is 6.04 Å². The third-order valence-corrected chi connectivity index (χ3v) is 2.71. The van der Waals surface area contributed by atoms with E-state index in [9.17, 15) is 9.59 Å². The van der Waals surface area contributed by atoms with Crippen molar-refractivity contribution in [1.82, 2.24) is 5.32 Å². The number of carbonyl (C=O) groups excluding carboxylic acids is 1. The molecule has 0 aliphatic heterocycles. The highest BCUT2D eigenvalue weighted by molar-refractivity contribution is 5.80. The van der Waals surface area contributed by atoms with Crippen LogP contribution in [0.25, 0.3) is 0 Å². The number of hydrogen-bond acceptors (Lipinski definition) is 4. The molecule has 0 bridgehead atoms. The number of rotatable bonds is 6. The van der Waals surface area contributed by atoms with E-state index in [0.717, 1.165) is 12.0 Å². The summed E-state index contributed by atoms with van der Waals surface area (Å²) in [4.78, 5) is 22.8. The third-order valence-electron chi connectivity index (χ3n) is 2.71. The fourth-order valence-corrected chi connectivity index (χ4v) is 1.66. The molecule has 1 aromatic carbocycles. The van der Waals surface area contributed by atoms with Crippen LogP contribution in [0.3, 0.4) is 0 Å². The highest BCUT2D eigenvalue weighted by atomic mass is 16.6. The van der Waals surface area contributed by atoms with Crippen molar-refractivity contribution in [3.05, 3.63) is 29.8 Å². The molecule has 22 heavy (non-hydrogen) atoms. The van der Waals surface area contributed by atoms with Gasteiger partial charge >= 0.3 is 12.1 Å². The summed E-state index contributed by atoms with van der Waals surface area (Å²) in [7, 11) is 0. The number of alkyl carbamates (subject to hydrolysis) is 1. The van der Waals surface area contributed by atoms with Gasteiger partial charge in [-0.2, -0.15) is 0 Å². The van der Waals surface area contributed by atoms with Crippen LogP contribution in [0.4, 0.5) is 4.79 Å². The van der Waals surface area contributed by atoms with Crippen LogP contribution in [0.15, 0.2) is 24.3 Å². The van der Waals surface area contributed by atoms with Gasteiger partial charge in [-0.25, -0.2) is 9.59 Å². The molecule has 0 spiro atoms. The molecule has 0 aliphatic rings. The Morgan fingerprint density at radius 3 is 2.55 bits per heavy atom. The summed E-state index contributed by atoms with van der Waals surface area (Å²) in [5.41, 5.74) is 0.396. The summed E-state index contributed by atoms with van der Waals surface area (Å²) in [5.74, 6) is -0.617. The van der Waals surface area contributed by atoms with Crippen molar-refractivity contribution < 1.29 is 24.2 Å². The van der Waals surface area contributed by atoms with Crippen LogP contribution < -0.4 is 10.1 Å². The van der Waals surface area contributed by atoms with Crippen LogP contribution in [-0.2, 0) is 16.0 Å². The van der Waals surface area contributed by atoms with Crippen molar-refractivity contribution in [3.8, 4) is 5.75 Å². The molecule has 122 valence electrons. The maximum Gasteiger partial charge on any atom is 0.408 e. The van der Waals surface area contributed by atoms with Crippen LogP contribution >= 0.6 is 0 Å². The molecule has 1 amide bonds. The minimum Gasteiger partial charge on any atom is -0.491 e. The second kappa shape index (κ2) is 7.68. The number of benzene rings is 1. The lowest BCUT2D eigenvalue weighted by Gasteiger charge is -2.22. The van der Waals surface area contributed by atoms with Crippen LogP contribution in [0.1, 0.15) is 33.3 Å². The monoisotopic (exact) mass is 309 g/mol. The van der Waals surface area contributed by atoms with Crippen LogP contribution in [0.2, 0.25) is 0 Å². The van der Waals surface area contributed by atoms with Gasteiger partial charge in [0, 0.05) is 0 Å². The van der Waals surface area contributed by atoms with Crippen LogP contribution in [0, 0.1) is 0 Å². The summed E-state index contributed by atoms with van der Waals surface area (Å²) >= 11 is 0. The fourth-order valence-electron chi connectivity index (χ4n) is 1.66. The molecule has 6 heteroatoms. The van der Waals surface area contributed by atoms with Gasteiger partial charge in [0.05, 0.1) is 0 Å². The fraction of sp³-hybridized carbons (Fsp3) is 0.500. The van der Waals surface area contributed by atoms with Crippen LogP contribution in [0.5, 0.6) is 5.75 Å². The Bertz CT molecular complexity index is 522. The first-order valence-electron chi connectivity index (χ1n) is 7.15. The Kier molecular flexibility index (Phi) is 6.22. The quantitative estimate of drug-likeness (QED) is 0.843. The molecule has 0 aromatic heterocycles. The number of amides is 1. The van der Waals surface area contributed by atoms with Crippen molar-refractivity contribution in [3.63, 3.8) is 0 Å². The molecule has 1 rings (SSSR count). The zero-order valence-corrected chi connectivity index (χ0v) is 13.4. The highest BCUT2D eigenvalue weighted by Crippen LogP contribution is 2.14. The Balaban J connectivity index is 2.61. The highest BCUT2D eigenvalue weighted by Gasteiger charge is 2.24. The van der Waals surface area contributed by atoms with E-state index >= 15 is 0 Å². The summed E-state index contributed by atoms with van der Waals surface area (Å²) in [6.45, 7) is 6.95. The van der Waals surface area contributed by atoms with E-state index in [-0.39, 0.29) is 6.61 Å². The molecule has 6 nitrogen and oxygen atoms in total. The van der Waals surface area contributed by atoms with Gasteiger partial charge in [0.25, 0.3) is 0 Å². The normalized spacial score (nSPS) is 12.4. The number of aliphatic carboxylic acids is 1. The third kappa shape index (κ3) is 6.47. The van der Waals surface area contributed by atoms with Crippen molar-refractivity contribution in [2.24, 2.45) is 0 Å². The molecule has 0 fully saturated rings. The van der Waals surface area contributed by atoms with Gasteiger partial charge in [-0.3, -0.25) is 0 Å². The number of carboxylic acid groups (broad SMARTS) is 1. The Morgan fingerprint density at radius 1 is 1.32 bits per heavy atom. The average Bonchev–Trinajstić information content (AvgIpc) is 2.41. The van der Waals surface area contributed by atoms with Gasteiger partial charge in [-0.1, -0.05) is 19.1 Å². The number of ether oxygens (including phenoxy) is 2. The predicted octanol–water partition coefficient (Wildman–Crippen LogP) is 2.61. The largest absolute Gasteiger partial charge is 0.491 e. The lowest BCUT2D eigenvalue weighted by atomic mass is 10.2. The zero-order chi connectivity index (χ0) is 16.8. The van der Waals surface area contributed by atoms with Gasteiger partial charge in [0.1, 0.15) is 18.0 Å². The molecule has 0 saturated heterocycles. The second-order valence-electron chi connectivity index (χ2n) is 5.85. The number of aryl methyl sites for hydroxylation is 1. The first-order chi connectivity index (χ1) is 10.2. The molecule has 1 atom stereocenters. The molecule has 0 radical (unpaired) electrons. The van der Waals surface area contributed by atoms with Gasteiger partial charge in [-0.15, -0.1) is 0 Å². The van der Waals surface area contributed by atoms with E-state index in [4.69, 9.17) is 14.6 Å². The minimum atomic E-state index is -1.18. The lowest BCUT2D eigenvalue weighted by Crippen LogP contribution is -2.46. The van der Waals surface area contributed by atoms with Crippen molar-refractivity contribution >= 4 is 12.1 Å². The maximum atomic E-state index is 11.6. The van der Waals surface area contributed by atoms with Crippen molar-refractivity contribution in [1.29, 1.82) is 0 Å². The average molecular weight is 309 g/mol. The minimum absolute atomic E-state index is 0.179. The van der Waals surface area contributed by atoms with E-state index in [1.165, 1.54) is 0 Å².